The number of hydroxylamine groups is 1. The highest BCUT2D eigenvalue weighted by Gasteiger charge is 2.48. The lowest BCUT2D eigenvalue weighted by molar-refractivity contribution is 0.0201. The second-order valence-corrected chi connectivity index (χ2v) is 8.84. The van der Waals surface area contributed by atoms with Crippen LogP contribution in [-0.4, -0.2) is 66.5 Å². The van der Waals surface area contributed by atoms with Gasteiger partial charge in [0.15, 0.2) is 5.65 Å². The second-order valence-electron chi connectivity index (χ2n) is 8.84. The molecule has 36 heavy (non-hydrogen) atoms. The maximum absolute atomic E-state index is 12.1. The number of hydrogen-bond donors (Lipinski definition) is 2. The molecule has 5 rings (SSSR count). The fraction of sp³-hybridized carbons (Fsp3) is 0.462. The van der Waals surface area contributed by atoms with Crippen molar-refractivity contribution in [1.82, 2.24) is 20.4 Å². The zero-order chi connectivity index (χ0) is 25.5. The van der Waals surface area contributed by atoms with E-state index in [-0.39, 0.29) is 11.5 Å². The average molecular weight is 495 g/mol. The number of aromatic nitrogens is 3. The monoisotopic (exact) mass is 494 g/mol. The third-order valence-corrected chi connectivity index (χ3v) is 6.08. The van der Waals surface area contributed by atoms with Crippen molar-refractivity contribution in [2.75, 3.05) is 50.7 Å². The molecule has 192 valence electrons. The summed E-state index contributed by atoms with van der Waals surface area (Å²) < 4.78 is 10.9. The molecule has 0 atom stereocenters. The van der Waals surface area contributed by atoms with Crippen LogP contribution in [0.3, 0.4) is 0 Å². The summed E-state index contributed by atoms with van der Waals surface area (Å²) in [6.07, 6.45) is 3.28. The summed E-state index contributed by atoms with van der Waals surface area (Å²) in [6.45, 7) is 8.04. The van der Waals surface area contributed by atoms with Gasteiger partial charge in [-0.25, -0.2) is 10.5 Å². The van der Waals surface area contributed by atoms with Crippen LogP contribution in [0, 0.1) is 0 Å². The predicted octanol–water partition coefficient (Wildman–Crippen LogP) is 3.37. The van der Waals surface area contributed by atoms with Gasteiger partial charge in [0, 0.05) is 37.4 Å². The van der Waals surface area contributed by atoms with E-state index in [4.69, 9.17) is 30.0 Å². The summed E-state index contributed by atoms with van der Waals surface area (Å²) in [5, 5.41) is 0.699. The zero-order valence-electron chi connectivity index (χ0n) is 21.1. The van der Waals surface area contributed by atoms with Crippen molar-refractivity contribution in [2.24, 2.45) is 0 Å². The molecule has 0 bridgehead atoms. The zero-order valence-corrected chi connectivity index (χ0v) is 21.1. The number of morpholine rings is 1. The molecule has 10 heteroatoms. The molecule has 2 fully saturated rings. The minimum absolute atomic E-state index is 0.0379. The van der Waals surface area contributed by atoms with E-state index in [1.54, 1.807) is 18.2 Å². The molecule has 3 N–H and O–H groups in total. The fourth-order valence-electron chi connectivity index (χ4n) is 4.04. The van der Waals surface area contributed by atoms with Gasteiger partial charge in [-0.05, 0) is 50.5 Å². The van der Waals surface area contributed by atoms with Crippen molar-refractivity contribution in [3.63, 3.8) is 0 Å². The topological polar surface area (TPSA) is 125 Å². The molecule has 1 aliphatic heterocycles. The highest BCUT2D eigenvalue weighted by atomic mass is 16.6. The van der Waals surface area contributed by atoms with Crippen LogP contribution in [0.15, 0.2) is 36.4 Å². The molecule has 0 unspecified atom stereocenters. The summed E-state index contributed by atoms with van der Waals surface area (Å²) in [5.41, 5.74) is 11.0. The molecule has 10 nitrogen and oxygen atoms in total. The van der Waals surface area contributed by atoms with Gasteiger partial charge in [-0.2, -0.15) is 9.97 Å². The Hall–Kier alpha value is -3.34. The van der Waals surface area contributed by atoms with Crippen LogP contribution < -0.4 is 16.1 Å². The molecule has 1 amide bonds. The van der Waals surface area contributed by atoms with Crippen LogP contribution in [0.25, 0.3) is 22.3 Å². The van der Waals surface area contributed by atoms with E-state index < -0.39 is 0 Å². The minimum atomic E-state index is -0.324. The summed E-state index contributed by atoms with van der Waals surface area (Å²) in [7, 11) is 1.40. The number of pyridine rings is 1. The Morgan fingerprint density at radius 1 is 1.19 bits per heavy atom. The van der Waals surface area contributed by atoms with Gasteiger partial charge >= 0.3 is 0 Å². The highest BCUT2D eigenvalue weighted by molar-refractivity contribution is 5.95. The van der Waals surface area contributed by atoms with E-state index in [2.05, 4.69) is 22.3 Å². The fourth-order valence-corrected chi connectivity index (χ4v) is 4.04. The molecule has 2 aliphatic rings. The lowest BCUT2D eigenvalue weighted by Crippen LogP contribution is -2.44. The van der Waals surface area contributed by atoms with Crippen LogP contribution in [0.1, 0.15) is 43.5 Å². The predicted molar refractivity (Wildman–Crippen MR) is 139 cm³/mol. The van der Waals surface area contributed by atoms with Crippen molar-refractivity contribution in [3.8, 4) is 11.3 Å². The van der Waals surface area contributed by atoms with E-state index in [0.717, 1.165) is 51.1 Å². The number of rotatable bonds is 7. The Balaban J connectivity index is 0.000000455. The number of benzene rings is 1. The first-order valence-corrected chi connectivity index (χ1v) is 12.3. The van der Waals surface area contributed by atoms with Gasteiger partial charge in [0.2, 0.25) is 5.95 Å². The van der Waals surface area contributed by atoms with Gasteiger partial charge in [0.25, 0.3) is 5.91 Å². The van der Waals surface area contributed by atoms with Gasteiger partial charge in [-0.3, -0.25) is 9.63 Å². The van der Waals surface area contributed by atoms with Gasteiger partial charge in [0.05, 0.1) is 30.4 Å². The first-order valence-electron chi connectivity index (χ1n) is 12.3. The number of carbonyl (C=O) groups excluding carboxylic acids is 1. The highest BCUT2D eigenvalue weighted by Crippen LogP contribution is 2.42. The van der Waals surface area contributed by atoms with Gasteiger partial charge < -0.3 is 20.1 Å². The van der Waals surface area contributed by atoms with Crippen molar-refractivity contribution in [3.05, 3.63) is 42.0 Å². The number of nitrogens with zero attached hydrogens (tertiary/aromatic N) is 4. The number of nitrogens with one attached hydrogen (secondary N) is 1. The number of hydrogen-bond acceptors (Lipinski definition) is 9. The second kappa shape index (κ2) is 11.6. The Morgan fingerprint density at radius 2 is 2.03 bits per heavy atom. The molecule has 1 saturated heterocycles. The van der Waals surface area contributed by atoms with E-state index in [0.29, 0.717) is 40.7 Å². The molecule has 1 aliphatic carbocycles. The summed E-state index contributed by atoms with van der Waals surface area (Å²) >= 11 is 0. The lowest BCUT2D eigenvalue weighted by atomic mass is 10.1. The number of anilines is 2. The minimum Gasteiger partial charge on any atom is -0.383 e. The molecule has 2 aromatic heterocycles. The van der Waals surface area contributed by atoms with Crippen molar-refractivity contribution in [2.45, 2.75) is 38.7 Å². The molecule has 3 aromatic rings. The van der Waals surface area contributed by atoms with Crippen molar-refractivity contribution < 1.29 is 19.1 Å². The maximum atomic E-state index is 12.1. The molecular weight excluding hydrogens is 460 g/mol. The van der Waals surface area contributed by atoms with E-state index in [9.17, 15) is 4.79 Å². The number of fused-ring (bicyclic) bond motifs is 1. The summed E-state index contributed by atoms with van der Waals surface area (Å²) in [5.74, 6) is 0.654. The Labute approximate surface area is 211 Å². The number of nitrogens with two attached hydrogens (primary N) is 1. The first kappa shape index (κ1) is 25.7. The van der Waals surface area contributed by atoms with Crippen LogP contribution >= 0.6 is 0 Å². The maximum Gasteiger partial charge on any atom is 0.274 e. The third kappa shape index (κ3) is 6.07. The van der Waals surface area contributed by atoms with Crippen LogP contribution in [0.5, 0.6) is 0 Å². The summed E-state index contributed by atoms with van der Waals surface area (Å²) in [4.78, 5) is 32.8. The van der Waals surface area contributed by atoms with E-state index in [1.165, 1.54) is 7.11 Å². The number of ether oxygens (including phenoxy) is 2. The first-order chi connectivity index (χ1) is 17.5. The quantitative estimate of drug-likeness (QED) is 0.376. The summed E-state index contributed by atoms with van der Waals surface area (Å²) in [6, 6.07) is 10.9. The van der Waals surface area contributed by atoms with Gasteiger partial charge in [-0.15, -0.1) is 0 Å². The number of amides is 1. The molecular formula is C26H34N6O4. The Bertz CT molecular complexity index is 1200. The van der Waals surface area contributed by atoms with Crippen LogP contribution in [0.2, 0.25) is 0 Å². The molecule has 0 radical (unpaired) electrons. The normalized spacial score (nSPS) is 15.9. The van der Waals surface area contributed by atoms with E-state index >= 15 is 0 Å². The standard InChI is InChI=1S/C21H22N6O3.C5H12O/c1-29-26-19(28)14-4-2-3-13(11-14)16-6-5-15-17(22)24-20(25-18(15)23-16)27-9-10-30-21(12-27)7-8-21;1-3-5-6-4-2/h2-6,11H,7-10,12H2,1H3,(H,26,28)(H2,22,23,24,25);3-5H2,1-2H3. The van der Waals surface area contributed by atoms with Gasteiger partial charge in [-0.1, -0.05) is 19.1 Å². The van der Waals surface area contributed by atoms with Crippen LogP contribution in [0.4, 0.5) is 11.8 Å². The van der Waals surface area contributed by atoms with E-state index in [1.807, 2.05) is 25.1 Å². The average Bonchev–Trinajstić information content (AvgIpc) is 3.65. The molecule has 1 spiro atoms. The Kier molecular flexibility index (Phi) is 8.29. The van der Waals surface area contributed by atoms with Crippen molar-refractivity contribution in [1.29, 1.82) is 0 Å². The van der Waals surface area contributed by atoms with Gasteiger partial charge in [0.1, 0.15) is 5.82 Å². The number of nitrogen functional groups attached to an aromatic ring is 1. The van der Waals surface area contributed by atoms with Crippen molar-refractivity contribution >= 4 is 28.7 Å². The largest absolute Gasteiger partial charge is 0.383 e. The lowest BCUT2D eigenvalue weighted by Gasteiger charge is -2.33. The molecule has 1 aromatic carbocycles. The Morgan fingerprint density at radius 3 is 2.72 bits per heavy atom. The number of carbonyl (C=O) groups is 1. The smallest absolute Gasteiger partial charge is 0.274 e. The molecule has 3 heterocycles. The third-order valence-electron chi connectivity index (χ3n) is 6.08. The van der Waals surface area contributed by atoms with Crippen LogP contribution in [-0.2, 0) is 14.3 Å². The molecule has 1 saturated carbocycles. The SMILES string of the molecule is CCCOCC.CONC(=O)c1cccc(-c2ccc3c(N)nc(N4CCOC5(CC5)C4)nc3n2)c1.